The second-order valence-corrected chi connectivity index (χ2v) is 3.98. The van der Waals surface area contributed by atoms with Crippen molar-refractivity contribution >= 4 is 49.7 Å². The van der Waals surface area contributed by atoms with Crippen molar-refractivity contribution in [2.24, 2.45) is 0 Å². The van der Waals surface area contributed by atoms with Gasteiger partial charge in [-0.05, 0) is 12.1 Å². The maximum absolute atomic E-state index is 10.9. The number of benzene rings is 2. The van der Waals surface area contributed by atoms with Crippen LogP contribution in [0, 0.1) is 0 Å². The first-order valence-corrected chi connectivity index (χ1v) is 6.20. The first-order valence-electron chi connectivity index (χ1n) is 6.20. The largest absolute Gasteiger partial charge is 2.00 e. The molecule has 0 amide bonds. The molecule has 0 aliphatic carbocycles. The van der Waals surface area contributed by atoms with Gasteiger partial charge in [-0.2, -0.15) is 0 Å². The van der Waals surface area contributed by atoms with Crippen LogP contribution in [-0.2, 0) is 9.47 Å². The van der Waals surface area contributed by atoms with E-state index >= 15 is 0 Å². The van der Waals surface area contributed by atoms with Gasteiger partial charge in [0.05, 0.1) is 25.3 Å². The van der Waals surface area contributed by atoms with E-state index in [9.17, 15) is 19.8 Å². The average Bonchev–Trinajstić information content (AvgIpc) is 2.55. The SMILES string of the molecule is COC(=O)c1ccccc1[O-].COC(=O)c1ccccc1[O-].[Ca+2]. The summed E-state index contributed by atoms with van der Waals surface area (Å²) < 4.78 is 8.76. The van der Waals surface area contributed by atoms with Crippen LogP contribution in [0.15, 0.2) is 48.5 Å². The van der Waals surface area contributed by atoms with Crippen molar-refractivity contribution in [3.63, 3.8) is 0 Å². The van der Waals surface area contributed by atoms with E-state index in [2.05, 4.69) is 9.47 Å². The van der Waals surface area contributed by atoms with Gasteiger partial charge in [0.25, 0.3) is 0 Å². The third-order valence-corrected chi connectivity index (χ3v) is 2.58. The van der Waals surface area contributed by atoms with Crippen LogP contribution < -0.4 is 10.2 Å². The summed E-state index contributed by atoms with van der Waals surface area (Å²) >= 11 is 0. The van der Waals surface area contributed by atoms with Gasteiger partial charge in [0.15, 0.2) is 0 Å². The van der Waals surface area contributed by atoms with E-state index in [1.54, 1.807) is 24.3 Å². The third-order valence-electron chi connectivity index (χ3n) is 2.58. The fourth-order valence-corrected chi connectivity index (χ4v) is 1.49. The van der Waals surface area contributed by atoms with Crippen molar-refractivity contribution < 1.29 is 29.3 Å². The van der Waals surface area contributed by atoms with Crippen LogP contribution in [-0.4, -0.2) is 63.9 Å². The normalized spacial score (nSPS) is 8.78. The summed E-state index contributed by atoms with van der Waals surface area (Å²) in [5.41, 5.74) is 0.157. The Bertz CT molecular complexity index is 599. The molecule has 0 aliphatic rings. The number of para-hydroxylation sites is 2. The summed E-state index contributed by atoms with van der Waals surface area (Å²) in [6, 6.07) is 11.9. The van der Waals surface area contributed by atoms with E-state index in [1.165, 1.54) is 38.5 Å². The molecule has 0 fully saturated rings. The van der Waals surface area contributed by atoms with Gasteiger partial charge in [-0.15, -0.1) is 0 Å². The minimum Gasteiger partial charge on any atom is -0.872 e. The van der Waals surface area contributed by atoms with E-state index in [-0.39, 0.29) is 60.4 Å². The summed E-state index contributed by atoms with van der Waals surface area (Å²) in [6.45, 7) is 0. The van der Waals surface area contributed by atoms with Crippen molar-refractivity contribution in [3.8, 4) is 11.5 Å². The number of rotatable bonds is 2. The number of methoxy groups -OCH3 is 2. The zero-order valence-corrected chi connectivity index (χ0v) is 15.0. The molecule has 2 rings (SSSR count). The predicted octanol–water partition coefficient (Wildman–Crippen LogP) is 0.713. The number of hydrogen-bond donors (Lipinski definition) is 0. The van der Waals surface area contributed by atoms with Crippen LogP contribution in [0.5, 0.6) is 11.5 Å². The van der Waals surface area contributed by atoms with Crippen LogP contribution in [0.25, 0.3) is 0 Å². The summed E-state index contributed by atoms with van der Waals surface area (Å²) in [5.74, 6) is -1.79. The Morgan fingerprint density at radius 3 is 1.30 bits per heavy atom. The van der Waals surface area contributed by atoms with E-state index in [1.807, 2.05) is 0 Å². The van der Waals surface area contributed by atoms with Crippen molar-refractivity contribution in [2.75, 3.05) is 14.2 Å². The quantitative estimate of drug-likeness (QED) is 0.589. The summed E-state index contributed by atoms with van der Waals surface area (Å²) in [4.78, 5) is 21.6. The van der Waals surface area contributed by atoms with Gasteiger partial charge < -0.3 is 19.7 Å². The van der Waals surface area contributed by atoms with Crippen LogP contribution >= 0.6 is 0 Å². The first-order chi connectivity index (χ1) is 10.5. The van der Waals surface area contributed by atoms with Gasteiger partial charge >= 0.3 is 49.7 Å². The van der Waals surface area contributed by atoms with Gasteiger partial charge in [-0.25, -0.2) is 9.59 Å². The van der Waals surface area contributed by atoms with E-state index in [0.717, 1.165) is 0 Å². The Hall–Kier alpha value is -1.76. The molecule has 0 saturated carbocycles. The number of carbonyl (C=O) groups is 2. The molecule has 0 aliphatic heterocycles. The zero-order chi connectivity index (χ0) is 16.5. The van der Waals surface area contributed by atoms with Crippen molar-refractivity contribution in [3.05, 3.63) is 59.7 Å². The first kappa shape index (κ1) is 21.2. The smallest absolute Gasteiger partial charge is 0.872 e. The molecule has 0 N–H and O–H groups in total. The minimum absolute atomic E-state index is 0. The topological polar surface area (TPSA) is 98.7 Å². The number of esters is 2. The number of carbonyl (C=O) groups excluding carboxylic acids is 2. The van der Waals surface area contributed by atoms with Gasteiger partial charge in [-0.3, -0.25) is 0 Å². The van der Waals surface area contributed by atoms with Crippen molar-refractivity contribution in [1.29, 1.82) is 0 Å². The molecule has 0 heterocycles. The Morgan fingerprint density at radius 1 is 0.739 bits per heavy atom. The average molecular weight is 342 g/mol. The zero-order valence-electron chi connectivity index (χ0n) is 12.8. The van der Waals surface area contributed by atoms with Crippen LogP contribution in [0.2, 0.25) is 0 Å². The van der Waals surface area contributed by atoms with Gasteiger partial charge in [-0.1, -0.05) is 47.9 Å². The molecule has 0 spiro atoms. The molecular weight excluding hydrogens is 328 g/mol. The third kappa shape index (κ3) is 6.48. The molecule has 6 nitrogen and oxygen atoms in total. The molecule has 0 bridgehead atoms. The molecule has 2 aromatic carbocycles. The molecule has 0 radical (unpaired) electrons. The Labute approximate surface area is 163 Å². The van der Waals surface area contributed by atoms with E-state index in [4.69, 9.17) is 0 Å². The standard InChI is InChI=1S/2C8H8O3.Ca/c2*1-11-8(10)6-4-2-3-5-7(6)9;/h2*2-5,9H,1H3;/q;;+2/p-2. The van der Waals surface area contributed by atoms with E-state index < -0.39 is 11.9 Å². The summed E-state index contributed by atoms with van der Waals surface area (Å²) in [6.07, 6.45) is 0. The Morgan fingerprint density at radius 2 is 1.04 bits per heavy atom. The number of hydrogen-bond acceptors (Lipinski definition) is 6. The van der Waals surface area contributed by atoms with Crippen molar-refractivity contribution in [1.82, 2.24) is 0 Å². The minimum atomic E-state index is -0.587. The number of ether oxygens (including phenoxy) is 2. The molecule has 23 heavy (non-hydrogen) atoms. The molecule has 116 valence electrons. The fraction of sp³-hybridized carbons (Fsp3) is 0.125. The molecule has 0 aromatic heterocycles. The Balaban J connectivity index is 0.000000403. The van der Waals surface area contributed by atoms with Gasteiger partial charge in [0.2, 0.25) is 0 Å². The molecule has 0 atom stereocenters. The maximum atomic E-state index is 10.9. The predicted molar refractivity (Wildman–Crippen MR) is 80.2 cm³/mol. The molecule has 0 saturated heterocycles. The monoisotopic (exact) mass is 342 g/mol. The summed E-state index contributed by atoms with van der Waals surface area (Å²) in [7, 11) is 2.49. The van der Waals surface area contributed by atoms with Gasteiger partial charge in [0, 0.05) is 0 Å². The molecular formula is C16H14CaO6. The molecule has 0 unspecified atom stereocenters. The molecule has 7 heteroatoms. The maximum Gasteiger partial charge on any atom is 2.00 e. The van der Waals surface area contributed by atoms with Gasteiger partial charge in [0.1, 0.15) is 0 Å². The summed E-state index contributed by atoms with van der Waals surface area (Å²) in [5, 5.41) is 21.8. The Kier molecular flexibility index (Phi) is 10.0. The van der Waals surface area contributed by atoms with Crippen LogP contribution in [0.3, 0.4) is 0 Å². The van der Waals surface area contributed by atoms with Crippen LogP contribution in [0.4, 0.5) is 0 Å². The second-order valence-electron chi connectivity index (χ2n) is 3.98. The molecule has 2 aromatic rings. The fourth-order valence-electron chi connectivity index (χ4n) is 1.49. The van der Waals surface area contributed by atoms with Crippen molar-refractivity contribution in [2.45, 2.75) is 0 Å². The van der Waals surface area contributed by atoms with Crippen LogP contribution in [0.1, 0.15) is 20.7 Å². The second kappa shape index (κ2) is 10.9. The van der Waals surface area contributed by atoms with E-state index in [0.29, 0.717) is 0 Å².